The van der Waals surface area contributed by atoms with Crippen LogP contribution in [-0.2, 0) is 4.74 Å². The van der Waals surface area contributed by atoms with Gasteiger partial charge in [-0.2, -0.15) is 0 Å². The highest BCUT2D eigenvalue weighted by atomic mass is 16.5. The Labute approximate surface area is 31.9 Å². The average molecular weight is 67.1 g/mol. The van der Waals surface area contributed by atoms with Crippen molar-refractivity contribution in [1.82, 2.24) is 0 Å². The first-order valence-corrected chi connectivity index (χ1v) is 1.14. The van der Waals surface area contributed by atoms with Gasteiger partial charge >= 0.3 is 0 Å². The molecule has 0 unspecified atom stereocenters. The Morgan fingerprint density at radius 3 is 2.60 bits per heavy atom. The van der Waals surface area contributed by atoms with E-state index < -0.39 is 0 Å². The van der Waals surface area contributed by atoms with Gasteiger partial charge in [0.1, 0.15) is 6.61 Å². The number of terminal acetylenes is 1. The highest BCUT2D eigenvalue weighted by Crippen LogP contribution is 1.57. The van der Waals surface area contributed by atoms with Crippen LogP contribution in [0.25, 0.3) is 0 Å². The van der Waals surface area contributed by atoms with E-state index in [2.05, 4.69) is 17.1 Å². The molecule has 0 saturated heterocycles. The van der Waals surface area contributed by atoms with E-state index in [1.165, 1.54) is 0 Å². The van der Waals surface area contributed by atoms with Crippen molar-refractivity contribution in [3.8, 4) is 12.3 Å². The molecule has 0 amide bonds. The van der Waals surface area contributed by atoms with Gasteiger partial charge in [0.25, 0.3) is 0 Å². The molecule has 3 radical (unpaired) electrons. The minimum Gasteiger partial charge on any atom is -0.352 e. The van der Waals surface area contributed by atoms with Crippen LogP contribution < -0.4 is 0 Å². The number of hydrogen-bond donors (Lipinski definition) is 0. The third-order valence-electron chi connectivity index (χ3n) is 0.156. The van der Waals surface area contributed by atoms with E-state index in [4.69, 9.17) is 7.11 Å². The highest BCUT2D eigenvalue weighted by molar-refractivity contribution is 4.82. The van der Waals surface area contributed by atoms with Crippen molar-refractivity contribution < 1.29 is 4.74 Å². The quantitative estimate of drug-likeness (QED) is 0.397. The lowest BCUT2D eigenvalue weighted by atomic mass is 10.8. The summed E-state index contributed by atoms with van der Waals surface area (Å²) >= 11 is 0. The van der Waals surface area contributed by atoms with E-state index in [0.717, 1.165) is 0 Å². The topological polar surface area (TPSA) is 9.23 Å². The van der Waals surface area contributed by atoms with Gasteiger partial charge in [-0.15, -0.1) is 6.42 Å². The van der Waals surface area contributed by atoms with E-state index in [1.54, 1.807) is 0 Å². The van der Waals surface area contributed by atoms with E-state index in [1.807, 2.05) is 0 Å². The maximum Gasteiger partial charge on any atom is 0.174 e. The third kappa shape index (κ3) is 3.52. The fourth-order valence-corrected chi connectivity index (χ4v) is 0.0417. The molecular weight excluding hydrogens is 64.0 g/mol. The van der Waals surface area contributed by atoms with Crippen LogP contribution in [0.4, 0.5) is 0 Å². The van der Waals surface area contributed by atoms with Crippen LogP contribution in [0.5, 0.6) is 0 Å². The molecule has 0 aliphatic heterocycles. The van der Waals surface area contributed by atoms with Gasteiger partial charge in [-0.05, 0) is 0 Å². The predicted molar refractivity (Wildman–Crippen MR) is 18.0 cm³/mol. The molecule has 25 valence electrons. The van der Waals surface area contributed by atoms with Gasteiger partial charge in [-0.25, -0.2) is 0 Å². The molecule has 0 heterocycles. The lowest BCUT2D eigenvalue weighted by molar-refractivity contribution is 0.288. The second-order valence-corrected chi connectivity index (χ2v) is 0.493. The number of hydrogen-bond acceptors (Lipinski definition) is 1. The zero-order valence-electron chi connectivity index (χ0n) is 2.69. The molecule has 1 heteroatoms. The van der Waals surface area contributed by atoms with Gasteiger partial charge in [0, 0.05) is 0 Å². The molecule has 0 bridgehead atoms. The van der Waals surface area contributed by atoms with Crippen LogP contribution in [0.1, 0.15) is 0 Å². The van der Waals surface area contributed by atoms with E-state index in [-0.39, 0.29) is 6.61 Å². The smallest absolute Gasteiger partial charge is 0.174 e. The maximum atomic E-state index is 5.96. The fraction of sp³-hybridized carbons (Fsp3) is 0.250. The lowest BCUT2D eigenvalue weighted by Gasteiger charge is -1.74. The largest absolute Gasteiger partial charge is 0.352 e. The first kappa shape index (κ1) is 4.52. The maximum absolute atomic E-state index is 5.96. The molecule has 0 saturated carbocycles. The molecule has 0 spiro atoms. The van der Waals surface area contributed by atoms with Crippen molar-refractivity contribution >= 4 is 0 Å². The SMILES string of the molecule is [C]OCC#C. The Kier molecular flexibility index (Phi) is 3.18. The van der Waals surface area contributed by atoms with Crippen LogP contribution in [-0.4, -0.2) is 6.61 Å². The summed E-state index contributed by atoms with van der Waals surface area (Å²) in [6, 6.07) is 0. The highest BCUT2D eigenvalue weighted by Gasteiger charge is 1.59. The van der Waals surface area contributed by atoms with E-state index in [0.29, 0.717) is 0 Å². The summed E-state index contributed by atoms with van der Waals surface area (Å²) in [5, 5.41) is 0. The van der Waals surface area contributed by atoms with Crippen molar-refractivity contribution in [2.24, 2.45) is 0 Å². The van der Waals surface area contributed by atoms with Crippen molar-refractivity contribution in [2.75, 3.05) is 6.61 Å². The summed E-state index contributed by atoms with van der Waals surface area (Å²) in [5.41, 5.74) is 0. The second-order valence-electron chi connectivity index (χ2n) is 0.493. The molecule has 0 atom stereocenters. The number of ether oxygens (including phenoxy) is 1. The van der Waals surface area contributed by atoms with E-state index >= 15 is 0 Å². The molecule has 0 N–H and O–H groups in total. The molecule has 1 nitrogen and oxygen atoms in total. The molecule has 0 aromatic rings. The summed E-state index contributed by atoms with van der Waals surface area (Å²) in [7, 11) is 5.96. The molecule has 0 fully saturated rings. The molecular formula is C4H3O. The molecule has 0 aromatic heterocycles. The van der Waals surface area contributed by atoms with Gasteiger partial charge in [-0.1, -0.05) is 5.92 Å². The zero-order chi connectivity index (χ0) is 4.12. The fourth-order valence-electron chi connectivity index (χ4n) is 0.0417. The summed E-state index contributed by atoms with van der Waals surface area (Å²) in [6.07, 6.45) is 4.64. The van der Waals surface area contributed by atoms with Gasteiger partial charge in [0.05, 0.1) is 0 Å². The number of rotatable bonds is 1. The normalized spacial score (nSPS) is 6.40. The van der Waals surface area contributed by atoms with Crippen LogP contribution in [0.3, 0.4) is 0 Å². The zero-order valence-corrected chi connectivity index (χ0v) is 2.69. The van der Waals surface area contributed by atoms with Crippen LogP contribution in [0, 0.1) is 19.5 Å². The molecule has 5 heavy (non-hydrogen) atoms. The molecule has 0 rings (SSSR count). The van der Waals surface area contributed by atoms with Crippen LogP contribution in [0.15, 0.2) is 0 Å². The first-order chi connectivity index (χ1) is 2.41. The Morgan fingerprint density at radius 1 is 2.00 bits per heavy atom. The summed E-state index contributed by atoms with van der Waals surface area (Å²) < 4.78 is 3.70. The predicted octanol–water partition coefficient (Wildman–Crippen LogP) is 0.182. The van der Waals surface area contributed by atoms with Gasteiger partial charge in [-0.3, -0.25) is 0 Å². The Hall–Kier alpha value is -0.480. The van der Waals surface area contributed by atoms with Crippen molar-refractivity contribution in [1.29, 1.82) is 0 Å². The molecule has 0 aromatic carbocycles. The van der Waals surface area contributed by atoms with Crippen molar-refractivity contribution in [2.45, 2.75) is 0 Å². The summed E-state index contributed by atoms with van der Waals surface area (Å²) in [4.78, 5) is 0. The average Bonchev–Trinajstić information content (AvgIpc) is 1.41. The van der Waals surface area contributed by atoms with Crippen molar-refractivity contribution in [3.63, 3.8) is 0 Å². The Morgan fingerprint density at radius 2 is 2.60 bits per heavy atom. The summed E-state index contributed by atoms with van der Waals surface area (Å²) in [5.74, 6) is 2.11. The van der Waals surface area contributed by atoms with Crippen LogP contribution in [0.2, 0.25) is 0 Å². The van der Waals surface area contributed by atoms with Gasteiger partial charge < -0.3 is 4.74 Å². The van der Waals surface area contributed by atoms with Crippen molar-refractivity contribution in [3.05, 3.63) is 7.11 Å². The lowest BCUT2D eigenvalue weighted by Crippen LogP contribution is -1.74. The first-order valence-electron chi connectivity index (χ1n) is 1.14. The monoisotopic (exact) mass is 67.0 g/mol. The van der Waals surface area contributed by atoms with Crippen LogP contribution >= 0.6 is 0 Å². The molecule has 0 aliphatic carbocycles. The minimum atomic E-state index is 0.0833. The standard InChI is InChI=1S/C4H3O/c1-3-4-5-2/h1H,4H2. The van der Waals surface area contributed by atoms with E-state index in [9.17, 15) is 0 Å². The third-order valence-corrected chi connectivity index (χ3v) is 0.156. The Bertz CT molecular complexity index is 42.1. The summed E-state index contributed by atoms with van der Waals surface area (Å²) in [6.45, 7) is 0.0833. The second kappa shape index (κ2) is 3.52. The van der Waals surface area contributed by atoms with Gasteiger partial charge in [0.2, 0.25) is 0 Å². The Balaban J connectivity index is 2.48. The minimum absolute atomic E-state index is 0.0833. The van der Waals surface area contributed by atoms with Gasteiger partial charge in [0.15, 0.2) is 7.11 Å². The molecule has 0 aliphatic rings.